The van der Waals surface area contributed by atoms with Gasteiger partial charge in [-0.3, -0.25) is 19.7 Å². The summed E-state index contributed by atoms with van der Waals surface area (Å²) >= 11 is 3.47. The van der Waals surface area contributed by atoms with Crippen molar-refractivity contribution in [1.29, 1.82) is 0 Å². The second-order valence-corrected chi connectivity index (χ2v) is 8.62. The Bertz CT molecular complexity index is 1340. The molecule has 0 aromatic heterocycles. The first kappa shape index (κ1) is 24.2. The van der Waals surface area contributed by atoms with Crippen molar-refractivity contribution in [3.63, 3.8) is 0 Å². The van der Waals surface area contributed by atoms with E-state index in [0.717, 1.165) is 0 Å². The maximum Gasteiger partial charge on any atom is 0.269 e. The molecule has 1 aliphatic heterocycles. The van der Waals surface area contributed by atoms with Gasteiger partial charge in [0.15, 0.2) is 17.3 Å². The Morgan fingerprint density at radius 1 is 1.09 bits per heavy atom. The quantitative estimate of drug-likeness (QED) is 0.188. The van der Waals surface area contributed by atoms with Crippen molar-refractivity contribution in [1.82, 2.24) is 0 Å². The number of nitrogens with zero attached hydrogens (tertiary/aromatic N) is 1. The van der Waals surface area contributed by atoms with Crippen LogP contribution in [0.3, 0.4) is 0 Å². The van der Waals surface area contributed by atoms with Crippen LogP contribution in [0.4, 0.5) is 11.4 Å². The molecule has 178 valence electrons. The molecule has 3 aromatic rings. The molecule has 0 aliphatic carbocycles. The van der Waals surface area contributed by atoms with E-state index in [1.54, 1.807) is 42.5 Å². The Kier molecular flexibility index (Phi) is 6.97. The number of halogens is 1. The highest BCUT2D eigenvalue weighted by molar-refractivity contribution is 9.10. The molecule has 0 spiro atoms. The normalized spacial score (nSPS) is 16.9. The molecule has 0 bridgehead atoms. The maximum absolute atomic E-state index is 13.4. The summed E-state index contributed by atoms with van der Waals surface area (Å²) in [7, 11) is 3.03. The van der Waals surface area contributed by atoms with Gasteiger partial charge in [-0.05, 0) is 56.9 Å². The lowest BCUT2D eigenvalue weighted by Gasteiger charge is -2.32. The maximum atomic E-state index is 13.4. The lowest BCUT2D eigenvalue weighted by atomic mass is 9.75. The first-order valence-corrected chi connectivity index (χ1v) is 11.4. The number of ether oxygens (including phenoxy) is 2. The molecule has 0 radical (unpaired) electrons. The third-order valence-electron chi connectivity index (χ3n) is 5.86. The molecule has 0 saturated carbocycles. The standard InChI is InChI=1S/C26H21BrN2O6/c1-34-21-13-9-16(24(27)25(21)35-2)8-12-20(30)23-22(15-6-4-3-5-7-15)18-14-17(29(32)33)10-11-19(18)28-26(23)31/h3-14,22-23H,1-2H3,(H,28,31)/b12-8-/t22-,23+/m0/s1. The van der Waals surface area contributed by atoms with Gasteiger partial charge in [0.2, 0.25) is 5.91 Å². The molecule has 1 N–H and O–H groups in total. The van der Waals surface area contributed by atoms with Crippen LogP contribution in [0.2, 0.25) is 0 Å². The highest BCUT2D eigenvalue weighted by atomic mass is 79.9. The molecular weight excluding hydrogens is 516 g/mol. The monoisotopic (exact) mass is 536 g/mol. The molecule has 0 fully saturated rings. The summed E-state index contributed by atoms with van der Waals surface area (Å²) in [6, 6.07) is 16.8. The van der Waals surface area contributed by atoms with Gasteiger partial charge in [0.05, 0.1) is 23.6 Å². The zero-order valence-corrected chi connectivity index (χ0v) is 20.4. The summed E-state index contributed by atoms with van der Waals surface area (Å²) < 4.78 is 11.3. The highest BCUT2D eigenvalue weighted by Gasteiger charge is 2.41. The Labute approximate surface area is 209 Å². The number of benzene rings is 3. The Hall–Kier alpha value is -3.98. The highest BCUT2D eigenvalue weighted by Crippen LogP contribution is 2.43. The average molecular weight is 537 g/mol. The summed E-state index contributed by atoms with van der Waals surface area (Å²) in [5.41, 5.74) is 2.22. The van der Waals surface area contributed by atoms with Crippen LogP contribution in [0.25, 0.3) is 6.08 Å². The number of amides is 1. The molecule has 1 aliphatic rings. The molecular formula is C26H21BrN2O6. The smallest absolute Gasteiger partial charge is 0.269 e. The molecule has 2 atom stereocenters. The largest absolute Gasteiger partial charge is 0.493 e. The van der Waals surface area contributed by atoms with E-state index >= 15 is 0 Å². The number of methoxy groups -OCH3 is 2. The summed E-state index contributed by atoms with van der Waals surface area (Å²) in [6.07, 6.45) is 2.93. The molecule has 0 unspecified atom stereocenters. The van der Waals surface area contributed by atoms with Crippen LogP contribution in [0.5, 0.6) is 11.5 Å². The van der Waals surface area contributed by atoms with Crippen LogP contribution in [0.15, 0.2) is 71.2 Å². The van der Waals surface area contributed by atoms with Crippen LogP contribution in [0.1, 0.15) is 22.6 Å². The number of allylic oxidation sites excluding steroid dienone is 1. The first-order valence-electron chi connectivity index (χ1n) is 10.6. The van der Waals surface area contributed by atoms with Gasteiger partial charge in [0, 0.05) is 23.7 Å². The number of fused-ring (bicyclic) bond motifs is 1. The minimum Gasteiger partial charge on any atom is -0.493 e. The number of rotatable bonds is 7. The van der Waals surface area contributed by atoms with Gasteiger partial charge in [-0.2, -0.15) is 0 Å². The van der Waals surface area contributed by atoms with Crippen LogP contribution in [0, 0.1) is 16.0 Å². The number of carbonyl (C=O) groups excluding carboxylic acids is 2. The third-order valence-corrected chi connectivity index (χ3v) is 6.68. The number of carbonyl (C=O) groups is 2. The van der Waals surface area contributed by atoms with Gasteiger partial charge in [0.1, 0.15) is 5.92 Å². The van der Waals surface area contributed by atoms with Crippen molar-refractivity contribution in [2.75, 3.05) is 19.5 Å². The van der Waals surface area contributed by atoms with E-state index in [1.807, 2.05) is 6.07 Å². The first-order chi connectivity index (χ1) is 16.8. The van der Waals surface area contributed by atoms with Crippen LogP contribution in [-0.2, 0) is 9.59 Å². The van der Waals surface area contributed by atoms with Gasteiger partial charge < -0.3 is 14.8 Å². The number of nitro groups is 1. The zero-order valence-electron chi connectivity index (χ0n) is 18.9. The zero-order chi connectivity index (χ0) is 25.1. The molecule has 35 heavy (non-hydrogen) atoms. The second-order valence-electron chi connectivity index (χ2n) is 7.82. The van der Waals surface area contributed by atoms with Gasteiger partial charge in [-0.25, -0.2) is 0 Å². The predicted octanol–water partition coefficient (Wildman–Crippen LogP) is 5.36. The molecule has 8 nitrogen and oxygen atoms in total. The third kappa shape index (κ3) is 4.67. The minimum absolute atomic E-state index is 0.114. The minimum atomic E-state index is -1.11. The van der Waals surface area contributed by atoms with Crippen molar-refractivity contribution in [2.24, 2.45) is 5.92 Å². The van der Waals surface area contributed by atoms with Crippen molar-refractivity contribution < 1.29 is 24.0 Å². The molecule has 1 amide bonds. The van der Waals surface area contributed by atoms with E-state index in [0.29, 0.717) is 38.3 Å². The van der Waals surface area contributed by atoms with E-state index in [-0.39, 0.29) is 5.69 Å². The molecule has 9 heteroatoms. The Balaban J connectivity index is 1.76. The number of anilines is 1. The number of nitrogens with one attached hydrogen (secondary N) is 1. The number of nitro benzene ring substituents is 1. The summed E-state index contributed by atoms with van der Waals surface area (Å²) in [4.78, 5) is 37.5. The number of hydrogen-bond acceptors (Lipinski definition) is 6. The van der Waals surface area contributed by atoms with E-state index < -0.39 is 28.4 Å². The molecule has 3 aromatic carbocycles. The lowest BCUT2D eigenvalue weighted by Crippen LogP contribution is -2.38. The fourth-order valence-electron chi connectivity index (χ4n) is 4.21. The summed E-state index contributed by atoms with van der Waals surface area (Å²) in [5, 5.41) is 14.2. The van der Waals surface area contributed by atoms with Crippen LogP contribution in [-0.4, -0.2) is 30.8 Å². The van der Waals surface area contributed by atoms with Crippen LogP contribution >= 0.6 is 15.9 Å². The van der Waals surface area contributed by atoms with Crippen molar-refractivity contribution in [3.05, 3.63) is 98.0 Å². The molecule has 4 rings (SSSR count). The fourth-order valence-corrected chi connectivity index (χ4v) is 4.83. The van der Waals surface area contributed by atoms with Gasteiger partial charge in [-0.15, -0.1) is 0 Å². The summed E-state index contributed by atoms with van der Waals surface area (Å²) in [5.74, 6) is -1.71. The van der Waals surface area contributed by atoms with E-state index in [9.17, 15) is 19.7 Å². The van der Waals surface area contributed by atoms with E-state index in [1.165, 1.54) is 38.5 Å². The molecule has 0 saturated heterocycles. The van der Waals surface area contributed by atoms with Crippen LogP contribution < -0.4 is 14.8 Å². The number of ketones is 1. The SMILES string of the molecule is COc1ccc(/C=C\C(=O)[C@H]2C(=O)Nc3ccc([N+](=O)[O-])cc3[C@@H]2c2ccccc2)c(Br)c1OC. The van der Waals surface area contributed by atoms with Crippen molar-refractivity contribution >= 4 is 45.1 Å². The van der Waals surface area contributed by atoms with Gasteiger partial charge in [0.25, 0.3) is 5.69 Å². The van der Waals surface area contributed by atoms with E-state index in [4.69, 9.17) is 9.47 Å². The molecule has 1 heterocycles. The van der Waals surface area contributed by atoms with Crippen molar-refractivity contribution in [2.45, 2.75) is 5.92 Å². The fraction of sp³-hybridized carbons (Fsp3) is 0.154. The Morgan fingerprint density at radius 3 is 2.49 bits per heavy atom. The van der Waals surface area contributed by atoms with E-state index in [2.05, 4.69) is 21.2 Å². The number of hydrogen-bond donors (Lipinski definition) is 1. The lowest BCUT2D eigenvalue weighted by molar-refractivity contribution is -0.384. The summed E-state index contributed by atoms with van der Waals surface area (Å²) in [6.45, 7) is 0. The Morgan fingerprint density at radius 2 is 1.83 bits per heavy atom. The topological polar surface area (TPSA) is 108 Å². The predicted molar refractivity (Wildman–Crippen MR) is 135 cm³/mol. The number of non-ortho nitro benzene ring substituents is 1. The van der Waals surface area contributed by atoms with Gasteiger partial charge >= 0.3 is 0 Å². The van der Waals surface area contributed by atoms with Crippen molar-refractivity contribution in [3.8, 4) is 11.5 Å². The average Bonchev–Trinajstić information content (AvgIpc) is 2.86. The van der Waals surface area contributed by atoms with Gasteiger partial charge in [-0.1, -0.05) is 36.4 Å². The second kappa shape index (κ2) is 10.1.